The van der Waals surface area contributed by atoms with Crippen molar-refractivity contribution >= 4 is 36.0 Å². The van der Waals surface area contributed by atoms with Gasteiger partial charge in [0, 0.05) is 6.07 Å². The van der Waals surface area contributed by atoms with Crippen molar-refractivity contribution in [2.75, 3.05) is 0 Å². The molecule has 0 unspecified atom stereocenters. The van der Waals surface area contributed by atoms with Crippen molar-refractivity contribution in [3.63, 3.8) is 0 Å². The summed E-state index contributed by atoms with van der Waals surface area (Å²) in [5.74, 6) is -2.11. The summed E-state index contributed by atoms with van der Waals surface area (Å²) in [7, 11) is 0. The van der Waals surface area contributed by atoms with E-state index in [1.165, 1.54) is 6.07 Å². The highest BCUT2D eigenvalue weighted by molar-refractivity contribution is 6.23. The number of aliphatic imine (C=N–C) groups is 2. The van der Waals surface area contributed by atoms with Crippen molar-refractivity contribution in [2.45, 2.75) is 13.8 Å². The van der Waals surface area contributed by atoms with Crippen molar-refractivity contribution in [3.8, 4) is 0 Å². The number of carboxylic acids is 2. The van der Waals surface area contributed by atoms with Crippen molar-refractivity contribution < 1.29 is 19.8 Å². The molecule has 0 spiro atoms. The van der Waals surface area contributed by atoms with Gasteiger partial charge in [-0.05, 0) is 0 Å². The zero-order valence-electron chi connectivity index (χ0n) is 9.28. The molecule has 0 saturated carbocycles. The highest BCUT2D eigenvalue weighted by Crippen LogP contribution is 2.14. The molecule has 0 aliphatic rings. The molecule has 1 rings (SSSR count). The van der Waals surface area contributed by atoms with E-state index >= 15 is 0 Å². The van der Waals surface area contributed by atoms with E-state index < -0.39 is 11.9 Å². The second-order valence-corrected chi connectivity index (χ2v) is 2.30. The van der Waals surface area contributed by atoms with Gasteiger partial charge in [-0.25, -0.2) is 19.6 Å². The highest BCUT2D eigenvalue weighted by Gasteiger charge is 1.98. The van der Waals surface area contributed by atoms with Crippen LogP contribution in [-0.2, 0) is 9.59 Å². The number of carboxylic acid groups (broad SMARTS) is 2. The van der Waals surface area contributed by atoms with Crippen LogP contribution in [0.5, 0.6) is 0 Å². The Morgan fingerprint density at radius 1 is 1.24 bits per heavy atom. The summed E-state index contributed by atoms with van der Waals surface area (Å²) in [6.07, 6.45) is 1.35. The molecule has 3 N–H and O–H groups in total. The Morgan fingerprint density at radius 2 is 1.76 bits per heavy atom. The Kier molecular flexibility index (Phi) is 6.60. The van der Waals surface area contributed by atoms with E-state index in [2.05, 4.69) is 20.2 Å². The summed E-state index contributed by atoms with van der Waals surface area (Å²) in [5.41, 5.74) is 0. The third-order valence-electron chi connectivity index (χ3n) is 1.17. The zero-order chi connectivity index (χ0) is 13.3. The standard InChI is InChI=1S/C7H6N4O4.C2H6/c12-6(13)2-8-4-1-5(11-10-4)9-3-7(14)15;1-2/h1-3H,(H,10,11)(H,12,13)(H,14,15);1-2H3/b8-2+,9-3?;. The van der Waals surface area contributed by atoms with Gasteiger partial charge < -0.3 is 10.2 Å². The maximum atomic E-state index is 10.1. The van der Waals surface area contributed by atoms with Crippen LogP contribution in [-0.4, -0.2) is 44.8 Å². The third kappa shape index (κ3) is 6.55. The highest BCUT2D eigenvalue weighted by atomic mass is 16.4. The second-order valence-electron chi connectivity index (χ2n) is 2.30. The van der Waals surface area contributed by atoms with E-state index in [1.54, 1.807) is 0 Å². The SMILES string of the molecule is CC.O=C(O)C=Nc1cc(/N=C/C(=O)O)[nH]n1. The van der Waals surface area contributed by atoms with Gasteiger partial charge in [0.2, 0.25) is 0 Å². The number of H-pyrrole nitrogens is 1. The van der Waals surface area contributed by atoms with E-state index in [0.29, 0.717) is 12.4 Å². The summed E-state index contributed by atoms with van der Waals surface area (Å²) in [4.78, 5) is 27.2. The lowest BCUT2D eigenvalue weighted by atomic mass is 10.6. The lowest BCUT2D eigenvalue weighted by Crippen LogP contribution is -1.93. The summed E-state index contributed by atoms with van der Waals surface area (Å²) in [6.45, 7) is 4.00. The topological polar surface area (TPSA) is 128 Å². The minimum atomic E-state index is -1.20. The molecule has 0 fully saturated rings. The molecular weight excluding hydrogens is 228 g/mol. The fraction of sp³-hybridized carbons (Fsp3) is 0.222. The van der Waals surface area contributed by atoms with Crippen molar-refractivity contribution in [1.29, 1.82) is 0 Å². The number of aromatic nitrogens is 2. The van der Waals surface area contributed by atoms with E-state index in [1.807, 2.05) is 13.8 Å². The maximum Gasteiger partial charge on any atom is 0.347 e. The van der Waals surface area contributed by atoms with Crippen LogP contribution in [0.4, 0.5) is 11.6 Å². The van der Waals surface area contributed by atoms with Gasteiger partial charge in [0.1, 0.15) is 18.2 Å². The smallest absolute Gasteiger partial charge is 0.347 e. The second kappa shape index (κ2) is 7.74. The van der Waals surface area contributed by atoms with Crippen LogP contribution in [0.15, 0.2) is 16.1 Å². The molecule has 17 heavy (non-hydrogen) atoms. The molecule has 0 radical (unpaired) electrons. The maximum absolute atomic E-state index is 10.1. The monoisotopic (exact) mass is 240 g/mol. The molecule has 92 valence electrons. The van der Waals surface area contributed by atoms with Gasteiger partial charge in [-0.1, -0.05) is 13.8 Å². The van der Waals surface area contributed by atoms with Gasteiger partial charge in [-0.2, -0.15) is 5.10 Å². The van der Waals surface area contributed by atoms with Crippen LogP contribution in [0.25, 0.3) is 0 Å². The Labute approximate surface area is 96.7 Å². The lowest BCUT2D eigenvalue weighted by Gasteiger charge is -1.80. The fourth-order valence-electron chi connectivity index (χ4n) is 0.680. The first-order valence-electron chi connectivity index (χ1n) is 4.67. The predicted octanol–water partition coefficient (Wildman–Crippen LogP) is 1.01. The van der Waals surface area contributed by atoms with Crippen LogP contribution < -0.4 is 0 Å². The van der Waals surface area contributed by atoms with Crippen LogP contribution in [0.2, 0.25) is 0 Å². The number of aliphatic carboxylic acids is 2. The minimum absolute atomic E-state index is 0.106. The average molecular weight is 240 g/mol. The van der Waals surface area contributed by atoms with E-state index in [0.717, 1.165) is 0 Å². The summed E-state index contributed by atoms with van der Waals surface area (Å²) >= 11 is 0. The zero-order valence-corrected chi connectivity index (χ0v) is 9.28. The molecule has 0 atom stereocenters. The normalized spacial score (nSPS) is 10.2. The molecule has 1 aromatic heterocycles. The van der Waals surface area contributed by atoms with Gasteiger partial charge in [-0.3, -0.25) is 5.10 Å². The first kappa shape index (κ1) is 14.5. The number of nitrogens with zero attached hydrogens (tertiary/aromatic N) is 3. The van der Waals surface area contributed by atoms with Gasteiger partial charge in [0.05, 0.1) is 0 Å². The van der Waals surface area contributed by atoms with Gasteiger partial charge in [0.15, 0.2) is 5.82 Å². The Morgan fingerprint density at radius 3 is 2.29 bits per heavy atom. The number of carbonyl (C=O) groups is 2. The molecular formula is C9H12N4O4. The molecule has 0 saturated heterocycles. The van der Waals surface area contributed by atoms with Crippen LogP contribution in [0, 0.1) is 0 Å². The number of aromatic amines is 1. The number of hydrogen-bond acceptors (Lipinski definition) is 5. The van der Waals surface area contributed by atoms with E-state index in [4.69, 9.17) is 10.2 Å². The van der Waals surface area contributed by atoms with Gasteiger partial charge >= 0.3 is 11.9 Å². The molecule has 8 heteroatoms. The quantitative estimate of drug-likeness (QED) is 0.676. The van der Waals surface area contributed by atoms with Crippen LogP contribution >= 0.6 is 0 Å². The summed E-state index contributed by atoms with van der Waals surface area (Å²) in [6, 6.07) is 1.30. The Bertz CT molecular complexity index is 397. The van der Waals surface area contributed by atoms with Crippen molar-refractivity contribution in [3.05, 3.63) is 6.07 Å². The first-order valence-corrected chi connectivity index (χ1v) is 4.67. The van der Waals surface area contributed by atoms with Crippen molar-refractivity contribution in [1.82, 2.24) is 10.2 Å². The largest absolute Gasteiger partial charge is 0.477 e. The van der Waals surface area contributed by atoms with Gasteiger partial charge in [-0.15, -0.1) is 0 Å². The van der Waals surface area contributed by atoms with Crippen LogP contribution in [0.1, 0.15) is 13.8 Å². The van der Waals surface area contributed by atoms with E-state index in [-0.39, 0.29) is 11.6 Å². The molecule has 1 heterocycles. The minimum Gasteiger partial charge on any atom is -0.477 e. The van der Waals surface area contributed by atoms with E-state index in [9.17, 15) is 9.59 Å². The molecule has 0 amide bonds. The van der Waals surface area contributed by atoms with Crippen LogP contribution in [0.3, 0.4) is 0 Å². The molecule has 0 aliphatic carbocycles. The summed E-state index contributed by atoms with van der Waals surface area (Å²) in [5, 5.41) is 22.5. The molecule has 8 nitrogen and oxygen atoms in total. The average Bonchev–Trinajstić information content (AvgIpc) is 2.74. The molecule has 0 aromatic carbocycles. The first-order chi connectivity index (χ1) is 8.08. The summed E-state index contributed by atoms with van der Waals surface area (Å²) < 4.78 is 0. The van der Waals surface area contributed by atoms with Crippen molar-refractivity contribution in [2.24, 2.45) is 9.98 Å². The fourth-order valence-corrected chi connectivity index (χ4v) is 0.680. The lowest BCUT2D eigenvalue weighted by molar-refractivity contribution is -0.129. The Hall–Kier alpha value is -2.51. The predicted molar refractivity (Wildman–Crippen MR) is 61.5 cm³/mol. The number of nitrogens with one attached hydrogen (secondary N) is 1. The molecule has 1 aromatic rings. The molecule has 0 aliphatic heterocycles. The third-order valence-corrected chi connectivity index (χ3v) is 1.17. The number of hydrogen-bond donors (Lipinski definition) is 3. The molecule has 0 bridgehead atoms. The number of rotatable bonds is 4. The Balaban J connectivity index is 0.00000121. The van der Waals surface area contributed by atoms with Gasteiger partial charge in [0.25, 0.3) is 0 Å².